The Hall–Kier alpha value is -2.04. The summed E-state index contributed by atoms with van der Waals surface area (Å²) in [5, 5.41) is 6.98. The first-order chi connectivity index (χ1) is 9.94. The van der Waals surface area contributed by atoms with Crippen molar-refractivity contribution < 1.29 is 14.4 Å². The number of hydrogen-bond donors (Lipinski definition) is 1. The van der Waals surface area contributed by atoms with Crippen molar-refractivity contribution in [3.05, 3.63) is 29.8 Å². The number of carbonyl (C=O) groups excluding carboxylic acids is 1. The first kappa shape index (κ1) is 15.4. The van der Waals surface area contributed by atoms with Crippen LogP contribution in [0.25, 0.3) is 0 Å². The molecule has 1 aliphatic rings. The van der Waals surface area contributed by atoms with Gasteiger partial charge in [0.1, 0.15) is 5.75 Å². The van der Waals surface area contributed by atoms with Gasteiger partial charge in [0.15, 0.2) is 0 Å². The molecule has 0 saturated heterocycles. The Labute approximate surface area is 125 Å². The average Bonchev–Trinajstić information content (AvgIpc) is 2.88. The number of carbonyl (C=O) groups is 1. The van der Waals surface area contributed by atoms with Crippen LogP contribution in [0.4, 0.5) is 0 Å². The second-order valence-corrected chi connectivity index (χ2v) is 5.87. The molecule has 0 unspecified atom stereocenters. The summed E-state index contributed by atoms with van der Waals surface area (Å²) in [6.45, 7) is 6.51. The number of hydrogen-bond acceptors (Lipinski definition) is 4. The van der Waals surface area contributed by atoms with Crippen molar-refractivity contribution in [3.8, 4) is 5.75 Å². The van der Waals surface area contributed by atoms with Crippen LogP contribution >= 0.6 is 0 Å². The minimum atomic E-state index is -0.926. The van der Waals surface area contributed by atoms with Gasteiger partial charge in [0.25, 0.3) is 5.91 Å². The molecular weight excluding hydrogens is 268 g/mol. The molecule has 0 aromatic heterocycles. The number of rotatable bonds is 5. The number of ether oxygens (including phenoxy) is 1. The summed E-state index contributed by atoms with van der Waals surface area (Å²) in [4.78, 5) is 17.6. The third-order valence-electron chi connectivity index (χ3n) is 3.44. The number of oxime groups is 1. The highest BCUT2D eigenvalue weighted by Crippen LogP contribution is 2.27. The maximum absolute atomic E-state index is 12.2. The molecule has 5 heteroatoms. The van der Waals surface area contributed by atoms with E-state index < -0.39 is 5.60 Å². The van der Waals surface area contributed by atoms with E-state index in [1.807, 2.05) is 24.3 Å². The molecule has 21 heavy (non-hydrogen) atoms. The van der Waals surface area contributed by atoms with Crippen LogP contribution in [0.2, 0.25) is 0 Å². The molecule has 0 saturated carbocycles. The fraction of sp³-hybridized carbons (Fsp3) is 0.500. The highest BCUT2D eigenvalue weighted by Gasteiger charge is 2.42. The lowest BCUT2D eigenvalue weighted by atomic mass is 9.95. The van der Waals surface area contributed by atoms with E-state index in [-0.39, 0.29) is 5.91 Å². The fourth-order valence-corrected chi connectivity index (χ4v) is 2.08. The summed E-state index contributed by atoms with van der Waals surface area (Å²) in [6, 6.07) is 7.57. The summed E-state index contributed by atoms with van der Waals surface area (Å²) in [5.41, 5.74) is 0.792. The van der Waals surface area contributed by atoms with Crippen LogP contribution in [0.1, 0.15) is 32.8 Å². The van der Waals surface area contributed by atoms with Gasteiger partial charge >= 0.3 is 0 Å². The first-order valence-electron chi connectivity index (χ1n) is 7.12. The molecule has 1 heterocycles. The zero-order chi connectivity index (χ0) is 15.5. The summed E-state index contributed by atoms with van der Waals surface area (Å²) in [6.07, 6.45) is 0.462. The van der Waals surface area contributed by atoms with Gasteiger partial charge in [-0.3, -0.25) is 4.79 Å². The molecule has 114 valence electrons. The monoisotopic (exact) mass is 290 g/mol. The standard InChI is InChI=1S/C16H22N2O3/c1-11(2)10-17-15(19)16(3)9-14(18-21-16)12-5-7-13(20-4)8-6-12/h5-8,11H,9-10H2,1-4H3,(H,17,19)/t16-/m0/s1. The van der Waals surface area contributed by atoms with Crippen LogP contribution in [-0.2, 0) is 9.63 Å². The van der Waals surface area contributed by atoms with Crippen LogP contribution in [0.15, 0.2) is 29.4 Å². The lowest BCUT2D eigenvalue weighted by Crippen LogP contribution is -2.45. The van der Waals surface area contributed by atoms with E-state index in [2.05, 4.69) is 24.3 Å². The highest BCUT2D eigenvalue weighted by atomic mass is 16.7. The van der Waals surface area contributed by atoms with Gasteiger partial charge in [-0.2, -0.15) is 0 Å². The number of methoxy groups -OCH3 is 1. The fourth-order valence-electron chi connectivity index (χ4n) is 2.08. The average molecular weight is 290 g/mol. The Morgan fingerprint density at radius 2 is 2.10 bits per heavy atom. The SMILES string of the molecule is COc1ccc(C2=NO[C@](C)(C(=O)NCC(C)C)C2)cc1. The maximum Gasteiger partial charge on any atom is 0.267 e. The third kappa shape index (κ3) is 3.54. The topological polar surface area (TPSA) is 59.9 Å². The van der Waals surface area contributed by atoms with Crippen molar-refractivity contribution in [1.82, 2.24) is 5.32 Å². The largest absolute Gasteiger partial charge is 0.497 e. The molecule has 1 aromatic carbocycles. The van der Waals surface area contributed by atoms with Crippen molar-refractivity contribution in [2.24, 2.45) is 11.1 Å². The normalized spacial score (nSPS) is 20.9. The Kier molecular flexibility index (Phi) is 4.50. The van der Waals surface area contributed by atoms with Gasteiger partial charge < -0.3 is 14.9 Å². The van der Waals surface area contributed by atoms with Crippen LogP contribution in [-0.4, -0.2) is 30.9 Å². The Morgan fingerprint density at radius 1 is 1.43 bits per heavy atom. The van der Waals surface area contributed by atoms with E-state index in [0.29, 0.717) is 18.9 Å². The Balaban J connectivity index is 2.02. The molecule has 1 aromatic rings. The molecule has 1 N–H and O–H groups in total. The molecule has 2 rings (SSSR count). The lowest BCUT2D eigenvalue weighted by molar-refractivity contribution is -0.141. The predicted molar refractivity (Wildman–Crippen MR) is 81.5 cm³/mol. The molecule has 0 bridgehead atoms. The van der Waals surface area contributed by atoms with Crippen molar-refractivity contribution in [2.45, 2.75) is 32.8 Å². The van der Waals surface area contributed by atoms with Crippen LogP contribution in [0, 0.1) is 5.92 Å². The Morgan fingerprint density at radius 3 is 2.67 bits per heavy atom. The molecular formula is C16H22N2O3. The number of nitrogens with zero attached hydrogens (tertiary/aromatic N) is 1. The zero-order valence-corrected chi connectivity index (χ0v) is 13.0. The van der Waals surface area contributed by atoms with E-state index in [9.17, 15) is 4.79 Å². The highest BCUT2D eigenvalue weighted by molar-refractivity contribution is 6.05. The summed E-state index contributed by atoms with van der Waals surface area (Å²) >= 11 is 0. The van der Waals surface area contributed by atoms with E-state index in [4.69, 9.17) is 9.57 Å². The molecule has 1 aliphatic heterocycles. The van der Waals surface area contributed by atoms with Gasteiger partial charge in [-0.25, -0.2) is 0 Å². The molecule has 0 aliphatic carbocycles. The van der Waals surface area contributed by atoms with Crippen molar-refractivity contribution in [1.29, 1.82) is 0 Å². The van der Waals surface area contributed by atoms with Crippen LogP contribution in [0.5, 0.6) is 5.75 Å². The van der Waals surface area contributed by atoms with E-state index in [0.717, 1.165) is 17.0 Å². The summed E-state index contributed by atoms with van der Waals surface area (Å²) < 4.78 is 5.13. The van der Waals surface area contributed by atoms with Gasteiger partial charge in [-0.15, -0.1) is 0 Å². The number of amides is 1. The van der Waals surface area contributed by atoms with E-state index in [1.54, 1.807) is 14.0 Å². The first-order valence-corrected chi connectivity index (χ1v) is 7.12. The predicted octanol–water partition coefficient (Wildman–Crippen LogP) is 2.35. The third-order valence-corrected chi connectivity index (χ3v) is 3.44. The van der Waals surface area contributed by atoms with Gasteiger partial charge in [0, 0.05) is 13.0 Å². The second-order valence-electron chi connectivity index (χ2n) is 5.87. The Bertz CT molecular complexity index is 537. The minimum absolute atomic E-state index is 0.122. The number of nitrogens with one attached hydrogen (secondary N) is 1. The van der Waals surface area contributed by atoms with E-state index in [1.165, 1.54) is 0 Å². The molecule has 1 atom stereocenters. The van der Waals surface area contributed by atoms with Crippen LogP contribution < -0.4 is 10.1 Å². The lowest BCUT2D eigenvalue weighted by Gasteiger charge is -2.21. The maximum atomic E-state index is 12.2. The van der Waals surface area contributed by atoms with Crippen molar-refractivity contribution in [3.63, 3.8) is 0 Å². The van der Waals surface area contributed by atoms with Gasteiger partial charge in [-0.05, 0) is 42.7 Å². The quantitative estimate of drug-likeness (QED) is 0.905. The summed E-state index contributed by atoms with van der Waals surface area (Å²) in [7, 11) is 1.63. The number of benzene rings is 1. The van der Waals surface area contributed by atoms with Gasteiger partial charge in [0.2, 0.25) is 5.60 Å². The zero-order valence-electron chi connectivity index (χ0n) is 13.0. The second kappa shape index (κ2) is 6.16. The van der Waals surface area contributed by atoms with Crippen molar-refractivity contribution >= 4 is 11.6 Å². The molecule has 5 nitrogen and oxygen atoms in total. The van der Waals surface area contributed by atoms with Gasteiger partial charge in [0.05, 0.1) is 12.8 Å². The smallest absolute Gasteiger partial charge is 0.267 e. The molecule has 0 fully saturated rings. The minimum Gasteiger partial charge on any atom is -0.497 e. The van der Waals surface area contributed by atoms with Crippen LogP contribution in [0.3, 0.4) is 0 Å². The molecule has 1 amide bonds. The molecule has 0 spiro atoms. The van der Waals surface area contributed by atoms with Gasteiger partial charge in [-0.1, -0.05) is 19.0 Å². The molecule has 0 radical (unpaired) electrons. The summed E-state index contributed by atoms with van der Waals surface area (Å²) in [5.74, 6) is 1.07. The van der Waals surface area contributed by atoms with E-state index >= 15 is 0 Å². The van der Waals surface area contributed by atoms with Crippen molar-refractivity contribution in [2.75, 3.05) is 13.7 Å².